The zero-order chi connectivity index (χ0) is 20.1. The zero-order valence-corrected chi connectivity index (χ0v) is 15.6. The number of hydrogen-bond acceptors (Lipinski definition) is 4. The number of anilines is 4. The molecule has 28 heavy (non-hydrogen) atoms. The van der Waals surface area contributed by atoms with Crippen molar-refractivity contribution in [1.82, 2.24) is 9.97 Å². The highest BCUT2D eigenvalue weighted by molar-refractivity contribution is 5.62. The molecule has 0 bridgehead atoms. The maximum absolute atomic E-state index is 13.3. The summed E-state index contributed by atoms with van der Waals surface area (Å²) < 4.78 is 40.0. The summed E-state index contributed by atoms with van der Waals surface area (Å²) in [5.74, 6) is 0.230. The van der Waals surface area contributed by atoms with Gasteiger partial charge in [0.1, 0.15) is 11.4 Å². The fraction of sp³-hybridized carbons (Fsp3) is 0.238. The van der Waals surface area contributed by atoms with E-state index in [-0.39, 0.29) is 11.8 Å². The molecule has 0 aliphatic carbocycles. The lowest BCUT2D eigenvalue weighted by atomic mass is 9.99. The number of nitrogens with one attached hydrogen (secondary N) is 2. The second kappa shape index (κ2) is 8.29. The normalized spacial score (nSPS) is 12.5. The Bertz CT molecular complexity index is 909. The Morgan fingerprint density at radius 3 is 2.18 bits per heavy atom. The van der Waals surface area contributed by atoms with Crippen LogP contribution in [-0.2, 0) is 6.18 Å². The van der Waals surface area contributed by atoms with Gasteiger partial charge >= 0.3 is 6.18 Å². The van der Waals surface area contributed by atoms with Crippen molar-refractivity contribution >= 4 is 23.1 Å². The van der Waals surface area contributed by atoms with E-state index in [4.69, 9.17) is 0 Å². The Morgan fingerprint density at radius 2 is 1.57 bits per heavy atom. The molecule has 3 rings (SSSR count). The van der Waals surface area contributed by atoms with E-state index in [2.05, 4.69) is 34.4 Å². The molecule has 0 amide bonds. The van der Waals surface area contributed by atoms with Gasteiger partial charge in [0.05, 0.1) is 0 Å². The zero-order valence-electron chi connectivity index (χ0n) is 15.6. The third kappa shape index (κ3) is 4.79. The van der Waals surface area contributed by atoms with Crippen LogP contribution >= 0.6 is 0 Å². The summed E-state index contributed by atoms with van der Waals surface area (Å²) in [5.41, 5.74) is 1.50. The molecule has 0 fully saturated rings. The van der Waals surface area contributed by atoms with Crippen LogP contribution in [0.4, 0.5) is 36.3 Å². The molecule has 0 saturated carbocycles. The van der Waals surface area contributed by atoms with Crippen LogP contribution in [0.3, 0.4) is 0 Å². The maximum atomic E-state index is 13.3. The van der Waals surface area contributed by atoms with Gasteiger partial charge in [0.2, 0.25) is 5.95 Å². The molecule has 0 spiro atoms. The van der Waals surface area contributed by atoms with E-state index in [9.17, 15) is 13.2 Å². The van der Waals surface area contributed by atoms with Gasteiger partial charge in [-0.1, -0.05) is 44.2 Å². The molecule has 7 heteroatoms. The second-order valence-corrected chi connectivity index (χ2v) is 6.50. The predicted octanol–water partition coefficient (Wildman–Crippen LogP) is 6.50. The molecular weight excluding hydrogens is 365 g/mol. The first kappa shape index (κ1) is 19.7. The highest BCUT2D eigenvalue weighted by atomic mass is 19.4. The number of hydrogen-bond donors (Lipinski definition) is 2. The maximum Gasteiger partial charge on any atom is 0.421 e. The highest BCUT2D eigenvalue weighted by Crippen LogP contribution is 2.35. The fourth-order valence-electron chi connectivity index (χ4n) is 2.66. The first-order chi connectivity index (χ1) is 13.4. The molecule has 2 aromatic carbocycles. The number of aromatic nitrogens is 2. The molecule has 0 aliphatic rings. The Morgan fingerprint density at radius 1 is 0.929 bits per heavy atom. The molecule has 146 valence electrons. The van der Waals surface area contributed by atoms with Gasteiger partial charge in [-0.2, -0.15) is 18.2 Å². The largest absolute Gasteiger partial charge is 0.421 e. The summed E-state index contributed by atoms with van der Waals surface area (Å²) in [7, 11) is 0. The molecule has 0 saturated heterocycles. The van der Waals surface area contributed by atoms with Crippen LogP contribution in [0.5, 0.6) is 0 Å². The van der Waals surface area contributed by atoms with Gasteiger partial charge in [-0.15, -0.1) is 0 Å². The predicted molar refractivity (Wildman–Crippen MR) is 105 cm³/mol. The number of nitrogens with zero attached hydrogens (tertiary/aromatic N) is 2. The Balaban J connectivity index is 1.87. The smallest absolute Gasteiger partial charge is 0.340 e. The highest BCUT2D eigenvalue weighted by Gasteiger charge is 2.35. The van der Waals surface area contributed by atoms with E-state index >= 15 is 0 Å². The van der Waals surface area contributed by atoms with Crippen LogP contribution in [0.1, 0.15) is 37.3 Å². The average molecular weight is 386 g/mol. The van der Waals surface area contributed by atoms with Crippen LogP contribution in [0, 0.1) is 0 Å². The number of benzene rings is 2. The lowest BCUT2D eigenvalue weighted by Crippen LogP contribution is -2.12. The van der Waals surface area contributed by atoms with Crippen molar-refractivity contribution in [3.63, 3.8) is 0 Å². The van der Waals surface area contributed by atoms with Gasteiger partial charge in [-0.25, -0.2) is 4.98 Å². The van der Waals surface area contributed by atoms with E-state index in [0.717, 1.165) is 12.6 Å². The number of halogens is 3. The van der Waals surface area contributed by atoms with Gasteiger partial charge in [0.15, 0.2) is 0 Å². The third-order valence-electron chi connectivity index (χ3n) is 4.48. The number of rotatable bonds is 6. The quantitative estimate of drug-likeness (QED) is 0.508. The van der Waals surface area contributed by atoms with Crippen molar-refractivity contribution in [1.29, 1.82) is 0 Å². The molecule has 1 heterocycles. The minimum atomic E-state index is -4.56. The van der Waals surface area contributed by atoms with E-state index in [1.807, 2.05) is 24.3 Å². The number of para-hydroxylation sites is 1. The second-order valence-electron chi connectivity index (χ2n) is 6.50. The lowest BCUT2D eigenvalue weighted by Gasteiger charge is -2.15. The van der Waals surface area contributed by atoms with Crippen molar-refractivity contribution in [3.8, 4) is 0 Å². The molecule has 1 aromatic heterocycles. The van der Waals surface area contributed by atoms with Crippen LogP contribution in [0.2, 0.25) is 0 Å². The summed E-state index contributed by atoms with van der Waals surface area (Å²) in [5, 5.41) is 5.69. The summed E-state index contributed by atoms with van der Waals surface area (Å²) in [4.78, 5) is 7.88. The first-order valence-electron chi connectivity index (χ1n) is 9.00. The van der Waals surface area contributed by atoms with Crippen molar-refractivity contribution in [2.45, 2.75) is 32.4 Å². The first-order valence-corrected chi connectivity index (χ1v) is 9.00. The van der Waals surface area contributed by atoms with Crippen LogP contribution in [0.15, 0.2) is 60.8 Å². The monoisotopic (exact) mass is 386 g/mol. The minimum Gasteiger partial charge on any atom is -0.340 e. The van der Waals surface area contributed by atoms with E-state index < -0.39 is 11.7 Å². The molecule has 2 N–H and O–H groups in total. The van der Waals surface area contributed by atoms with Gasteiger partial charge < -0.3 is 10.6 Å². The van der Waals surface area contributed by atoms with E-state index in [1.54, 1.807) is 30.3 Å². The lowest BCUT2D eigenvalue weighted by molar-refractivity contribution is -0.137. The van der Waals surface area contributed by atoms with Crippen molar-refractivity contribution in [3.05, 3.63) is 71.9 Å². The average Bonchev–Trinajstić information content (AvgIpc) is 2.68. The summed E-state index contributed by atoms with van der Waals surface area (Å²) in [6, 6.07) is 16.3. The molecule has 1 atom stereocenters. The Hall–Kier alpha value is -3.09. The fourth-order valence-corrected chi connectivity index (χ4v) is 2.66. The topological polar surface area (TPSA) is 49.8 Å². The van der Waals surface area contributed by atoms with Gasteiger partial charge in [0.25, 0.3) is 0 Å². The van der Waals surface area contributed by atoms with E-state index in [0.29, 0.717) is 17.3 Å². The number of alkyl halides is 3. The molecule has 3 aromatic rings. The SMILES string of the molecule is CCC(C)c1ccc(Nc2ncc(C(F)(F)F)c(Nc3ccccc3)n2)cc1. The van der Waals surface area contributed by atoms with Crippen LogP contribution in [-0.4, -0.2) is 9.97 Å². The van der Waals surface area contributed by atoms with Gasteiger partial charge in [-0.3, -0.25) is 0 Å². The van der Waals surface area contributed by atoms with Crippen LogP contribution < -0.4 is 10.6 Å². The summed E-state index contributed by atoms with van der Waals surface area (Å²) in [6.45, 7) is 4.26. The van der Waals surface area contributed by atoms with Crippen molar-refractivity contribution < 1.29 is 13.2 Å². The van der Waals surface area contributed by atoms with Crippen molar-refractivity contribution in [2.24, 2.45) is 0 Å². The minimum absolute atomic E-state index is 0.0859. The summed E-state index contributed by atoms with van der Waals surface area (Å²) in [6.07, 6.45) is -2.75. The van der Waals surface area contributed by atoms with E-state index in [1.165, 1.54) is 5.56 Å². The standard InChI is InChI=1S/C21H21F3N4/c1-3-14(2)15-9-11-17(12-10-15)27-20-25-13-18(21(22,23)24)19(28-20)26-16-7-5-4-6-8-16/h4-14H,3H2,1-2H3,(H2,25,26,27,28). The Kier molecular flexibility index (Phi) is 5.82. The third-order valence-corrected chi connectivity index (χ3v) is 4.48. The molecule has 0 aliphatic heterocycles. The van der Waals surface area contributed by atoms with Gasteiger partial charge in [-0.05, 0) is 42.2 Å². The molecular formula is C21H21F3N4. The molecule has 0 radical (unpaired) electrons. The van der Waals surface area contributed by atoms with Crippen LogP contribution in [0.25, 0.3) is 0 Å². The van der Waals surface area contributed by atoms with Gasteiger partial charge in [0, 0.05) is 17.6 Å². The molecule has 4 nitrogen and oxygen atoms in total. The Labute approximate surface area is 161 Å². The van der Waals surface area contributed by atoms with Crippen molar-refractivity contribution in [2.75, 3.05) is 10.6 Å². The molecule has 1 unspecified atom stereocenters. The summed E-state index contributed by atoms with van der Waals surface area (Å²) >= 11 is 0.